The van der Waals surface area contributed by atoms with Crippen LogP contribution in [-0.2, 0) is 17.1 Å². The number of nitrogens with zero attached hydrogens (tertiary/aromatic N) is 1. The van der Waals surface area contributed by atoms with Gasteiger partial charge in [-0.15, -0.1) is 0 Å². The maximum absolute atomic E-state index is 13.5. The van der Waals surface area contributed by atoms with Crippen LogP contribution in [0.3, 0.4) is 0 Å². The van der Waals surface area contributed by atoms with Gasteiger partial charge >= 0.3 is 6.03 Å². The lowest BCUT2D eigenvalue weighted by Crippen LogP contribution is -2.62. The van der Waals surface area contributed by atoms with Gasteiger partial charge in [-0.3, -0.25) is 9.69 Å². The Labute approximate surface area is 191 Å². The third-order valence-electron chi connectivity index (χ3n) is 5.35. The van der Waals surface area contributed by atoms with E-state index in [2.05, 4.69) is 26.6 Å². The quantitative estimate of drug-likeness (QED) is 0.512. The third-order valence-corrected chi connectivity index (χ3v) is 5.84. The molecule has 0 bridgehead atoms. The van der Waals surface area contributed by atoms with Crippen LogP contribution < -0.4 is 25.0 Å². The number of para-hydroxylation sites is 1. The fourth-order valence-electron chi connectivity index (χ4n) is 3.81. The topological polar surface area (TPSA) is 100 Å². The highest BCUT2D eigenvalue weighted by molar-refractivity contribution is 9.10. The summed E-state index contributed by atoms with van der Waals surface area (Å²) in [6.07, 6.45) is 0. The summed E-state index contributed by atoms with van der Waals surface area (Å²) in [5.41, 5.74) is -0.549. The lowest BCUT2D eigenvalue weighted by atomic mass is 9.94. The van der Waals surface area contributed by atoms with Crippen LogP contribution in [0.4, 0.5) is 16.2 Å². The molecule has 5 rings (SSSR count). The molecule has 2 aliphatic heterocycles. The zero-order valence-corrected chi connectivity index (χ0v) is 18.3. The van der Waals surface area contributed by atoms with Crippen molar-refractivity contribution in [3.8, 4) is 11.5 Å². The number of hydrogen-bond acceptors (Lipinski definition) is 5. The second-order valence-electron chi connectivity index (χ2n) is 7.33. The van der Waals surface area contributed by atoms with Gasteiger partial charge in [-0.25, -0.2) is 4.79 Å². The van der Waals surface area contributed by atoms with Crippen molar-refractivity contribution >= 4 is 39.2 Å². The summed E-state index contributed by atoms with van der Waals surface area (Å²) in [6, 6.07) is 18.2. The second kappa shape index (κ2) is 7.85. The SMILES string of the molecule is O=C1Nc2ccc(Br)cc2[C@](O)(C(=O)NCc2ccc3c(c2)OCO3)N1c1ccccc1. The van der Waals surface area contributed by atoms with E-state index in [1.165, 1.54) is 0 Å². The first-order valence-corrected chi connectivity index (χ1v) is 10.6. The van der Waals surface area contributed by atoms with Crippen LogP contribution in [0.1, 0.15) is 11.1 Å². The maximum Gasteiger partial charge on any atom is 0.329 e. The number of carbonyl (C=O) groups excluding carboxylic acids is 2. The number of amides is 3. The molecule has 0 saturated carbocycles. The summed E-state index contributed by atoms with van der Waals surface area (Å²) in [4.78, 5) is 27.5. The van der Waals surface area contributed by atoms with Gasteiger partial charge < -0.3 is 25.2 Å². The molecule has 2 aliphatic rings. The highest BCUT2D eigenvalue weighted by Gasteiger charge is 2.52. The van der Waals surface area contributed by atoms with Crippen molar-refractivity contribution < 1.29 is 24.2 Å². The van der Waals surface area contributed by atoms with Crippen LogP contribution >= 0.6 is 15.9 Å². The van der Waals surface area contributed by atoms with Gasteiger partial charge in [0.15, 0.2) is 11.5 Å². The van der Waals surface area contributed by atoms with E-state index in [1.807, 2.05) is 0 Å². The zero-order chi connectivity index (χ0) is 22.3. The highest BCUT2D eigenvalue weighted by Crippen LogP contribution is 2.41. The lowest BCUT2D eigenvalue weighted by Gasteiger charge is -2.42. The van der Waals surface area contributed by atoms with E-state index in [4.69, 9.17) is 9.47 Å². The molecule has 0 saturated heterocycles. The maximum atomic E-state index is 13.5. The van der Waals surface area contributed by atoms with Crippen molar-refractivity contribution in [2.75, 3.05) is 17.0 Å². The number of halogens is 1. The number of fused-ring (bicyclic) bond motifs is 2. The summed E-state index contributed by atoms with van der Waals surface area (Å²) in [7, 11) is 0. The van der Waals surface area contributed by atoms with Gasteiger partial charge in [-0.1, -0.05) is 40.2 Å². The van der Waals surface area contributed by atoms with Crippen molar-refractivity contribution in [2.45, 2.75) is 12.3 Å². The Kier molecular flexibility index (Phi) is 4.99. The van der Waals surface area contributed by atoms with E-state index in [0.717, 1.165) is 10.5 Å². The van der Waals surface area contributed by atoms with Gasteiger partial charge in [-0.05, 0) is 48.0 Å². The molecule has 162 valence electrons. The first-order valence-electron chi connectivity index (χ1n) is 9.82. The number of aliphatic hydroxyl groups is 1. The van der Waals surface area contributed by atoms with Crippen molar-refractivity contribution in [3.05, 3.63) is 82.3 Å². The minimum absolute atomic E-state index is 0.116. The molecule has 8 nitrogen and oxygen atoms in total. The largest absolute Gasteiger partial charge is 0.454 e. The lowest BCUT2D eigenvalue weighted by molar-refractivity contribution is -0.140. The monoisotopic (exact) mass is 495 g/mol. The number of urea groups is 1. The van der Waals surface area contributed by atoms with Crippen LogP contribution in [0.2, 0.25) is 0 Å². The van der Waals surface area contributed by atoms with E-state index in [1.54, 1.807) is 66.7 Å². The van der Waals surface area contributed by atoms with Gasteiger partial charge in [0.05, 0.1) is 5.69 Å². The summed E-state index contributed by atoms with van der Waals surface area (Å²) in [5, 5.41) is 17.3. The number of rotatable bonds is 4. The average molecular weight is 496 g/mol. The van der Waals surface area contributed by atoms with Crippen molar-refractivity contribution in [1.29, 1.82) is 0 Å². The molecule has 0 fully saturated rings. The molecule has 3 aromatic rings. The minimum atomic E-state index is -2.28. The van der Waals surface area contributed by atoms with E-state index in [0.29, 0.717) is 27.3 Å². The van der Waals surface area contributed by atoms with Crippen molar-refractivity contribution in [2.24, 2.45) is 0 Å². The smallest absolute Gasteiger partial charge is 0.329 e. The summed E-state index contributed by atoms with van der Waals surface area (Å²) in [5.74, 6) is 0.484. The Hall–Kier alpha value is -3.56. The predicted octanol–water partition coefficient (Wildman–Crippen LogP) is 3.69. The Morgan fingerprint density at radius 3 is 2.69 bits per heavy atom. The summed E-state index contributed by atoms with van der Waals surface area (Å²) < 4.78 is 11.3. The fraction of sp³-hybridized carbons (Fsp3) is 0.130. The van der Waals surface area contributed by atoms with Crippen LogP contribution in [-0.4, -0.2) is 23.8 Å². The molecule has 9 heteroatoms. The van der Waals surface area contributed by atoms with E-state index < -0.39 is 17.7 Å². The van der Waals surface area contributed by atoms with Crippen LogP contribution in [0.5, 0.6) is 11.5 Å². The van der Waals surface area contributed by atoms with E-state index in [9.17, 15) is 14.7 Å². The molecule has 3 aromatic carbocycles. The zero-order valence-electron chi connectivity index (χ0n) is 16.7. The highest BCUT2D eigenvalue weighted by atomic mass is 79.9. The molecular formula is C23H18BrN3O5. The van der Waals surface area contributed by atoms with E-state index in [-0.39, 0.29) is 18.9 Å². The van der Waals surface area contributed by atoms with Gasteiger partial charge in [0.25, 0.3) is 11.6 Å². The first-order chi connectivity index (χ1) is 15.5. The van der Waals surface area contributed by atoms with E-state index >= 15 is 0 Å². The molecule has 32 heavy (non-hydrogen) atoms. The molecule has 0 aliphatic carbocycles. The van der Waals surface area contributed by atoms with Crippen LogP contribution in [0.25, 0.3) is 0 Å². The summed E-state index contributed by atoms with van der Waals surface area (Å²) >= 11 is 3.39. The Morgan fingerprint density at radius 2 is 1.88 bits per heavy atom. The number of carbonyl (C=O) groups is 2. The van der Waals surface area contributed by atoms with Crippen LogP contribution in [0, 0.1) is 0 Å². The standard InChI is InChI=1S/C23H18BrN3O5/c24-15-7-8-18-17(11-15)23(30,27(22(29)26-18)16-4-2-1-3-5-16)21(28)25-12-14-6-9-19-20(10-14)32-13-31-19/h1-11,30H,12-13H2,(H,25,28)(H,26,29)/t23-/m0/s1. The number of nitrogens with one attached hydrogen (secondary N) is 2. The Balaban J connectivity index is 1.52. The normalized spacial score (nSPS) is 18.7. The fourth-order valence-corrected chi connectivity index (χ4v) is 4.18. The van der Waals surface area contributed by atoms with Crippen LogP contribution in [0.15, 0.2) is 71.2 Å². The molecule has 1 atom stereocenters. The Morgan fingerprint density at radius 1 is 1.09 bits per heavy atom. The van der Waals surface area contributed by atoms with Crippen molar-refractivity contribution in [3.63, 3.8) is 0 Å². The third kappa shape index (κ3) is 3.35. The molecule has 0 aromatic heterocycles. The molecule has 2 heterocycles. The van der Waals surface area contributed by atoms with Gasteiger partial charge in [0.2, 0.25) is 6.79 Å². The molecular weight excluding hydrogens is 478 g/mol. The summed E-state index contributed by atoms with van der Waals surface area (Å²) in [6.45, 7) is 0.267. The van der Waals surface area contributed by atoms with Gasteiger partial charge in [-0.2, -0.15) is 0 Å². The van der Waals surface area contributed by atoms with Gasteiger partial charge in [0.1, 0.15) is 0 Å². The number of anilines is 2. The number of hydrogen-bond donors (Lipinski definition) is 3. The number of benzene rings is 3. The Bertz CT molecular complexity index is 1220. The van der Waals surface area contributed by atoms with Crippen molar-refractivity contribution in [1.82, 2.24) is 5.32 Å². The molecule has 3 N–H and O–H groups in total. The predicted molar refractivity (Wildman–Crippen MR) is 120 cm³/mol. The number of ether oxygens (including phenoxy) is 2. The first kappa shape index (κ1) is 20.3. The molecule has 3 amide bonds. The molecule has 0 radical (unpaired) electrons. The molecule has 0 spiro atoms. The second-order valence-corrected chi connectivity index (χ2v) is 8.25. The minimum Gasteiger partial charge on any atom is -0.454 e. The average Bonchev–Trinajstić information content (AvgIpc) is 3.27. The molecule has 0 unspecified atom stereocenters. The van der Waals surface area contributed by atoms with Gasteiger partial charge in [0, 0.05) is 22.3 Å².